The molecule has 36 valence electrons. The van der Waals surface area contributed by atoms with Crippen LogP contribution in [0.15, 0.2) is 22.9 Å². The van der Waals surface area contributed by atoms with Crippen molar-refractivity contribution in [3.63, 3.8) is 0 Å². The number of hydrogen-bond donors (Lipinski definition) is 0. The van der Waals surface area contributed by atoms with E-state index in [0.717, 1.165) is 0 Å². The van der Waals surface area contributed by atoms with E-state index in [1.165, 1.54) is 17.7 Å². The first kappa shape index (κ1) is 7.79. The molecule has 1 rings (SSSR count). The monoisotopic (exact) mass is 117 g/mol. The van der Waals surface area contributed by atoms with Crippen LogP contribution in [0.4, 0.5) is 0 Å². The van der Waals surface area contributed by atoms with Crippen molar-refractivity contribution in [1.82, 2.24) is 0 Å². The molecule has 3 heteroatoms. The van der Waals surface area contributed by atoms with Crippen LogP contribution in [-0.4, -0.2) is 17.7 Å². The molecule has 0 saturated heterocycles. The molecule has 1 aromatic heterocycles. The van der Waals surface area contributed by atoms with E-state index in [1.807, 2.05) is 22.9 Å². The van der Waals surface area contributed by atoms with Crippen LogP contribution in [0.5, 0.6) is 0 Å². The summed E-state index contributed by atoms with van der Waals surface area (Å²) in [7, 11) is 0. The number of nitriles is 1. The van der Waals surface area contributed by atoms with Crippen LogP contribution >= 0.6 is 11.3 Å². The molecule has 1 heterocycles. The number of nitrogens with zero attached hydrogens (tertiary/aromatic N) is 1. The summed E-state index contributed by atoms with van der Waals surface area (Å²) >= 11 is 3.14. The van der Waals surface area contributed by atoms with Crippen molar-refractivity contribution in [1.29, 1.82) is 5.26 Å². The van der Waals surface area contributed by atoms with Crippen LogP contribution < -0.4 is 0 Å². The van der Waals surface area contributed by atoms with Gasteiger partial charge in [-0.15, -0.1) is 0 Å². The summed E-state index contributed by atoms with van der Waals surface area (Å²) in [6.45, 7) is 0. The minimum absolute atomic E-state index is 1.43. The van der Waals surface area contributed by atoms with Gasteiger partial charge in [-0.25, -0.2) is 0 Å². The summed E-state index contributed by atoms with van der Waals surface area (Å²) in [6.07, 6.45) is 0. The molecule has 0 bridgehead atoms. The molecule has 1 nitrogen and oxygen atoms in total. The third kappa shape index (κ3) is 5.79. The molecule has 0 radical (unpaired) electrons. The molecule has 0 aliphatic carbocycles. The second-order valence-electron chi connectivity index (χ2n) is 1.02. The summed E-state index contributed by atoms with van der Waals surface area (Å²) in [5, 5.41) is 11.4. The Morgan fingerprint density at radius 1 is 1.38 bits per heavy atom. The first-order valence-corrected chi connectivity index (χ1v) is 3.14. The molecule has 0 aliphatic heterocycles. The van der Waals surface area contributed by atoms with Crippen molar-refractivity contribution in [3.05, 3.63) is 22.9 Å². The topological polar surface area (TPSA) is 23.8 Å². The molecular weight excluding hydrogens is 113 g/mol. The van der Waals surface area contributed by atoms with Crippen LogP contribution in [0.25, 0.3) is 0 Å². The second kappa shape index (κ2) is 6.79. The standard InChI is InChI=1S/C4H4S.CN.Li/c1-2-4-5-3-1;1-2;/h1-4H;;. The van der Waals surface area contributed by atoms with E-state index in [0.29, 0.717) is 0 Å². The second-order valence-corrected chi connectivity index (χ2v) is 1.83. The van der Waals surface area contributed by atoms with Gasteiger partial charge in [0, 0.05) is 0 Å². The Labute approximate surface area is 62.2 Å². The average Bonchev–Trinajstić information content (AvgIpc) is 2.17. The van der Waals surface area contributed by atoms with E-state index < -0.39 is 0 Å². The molecule has 0 fully saturated rings. The Morgan fingerprint density at radius 3 is 1.88 bits per heavy atom. The quantitative estimate of drug-likeness (QED) is 0.471. The SMILES string of the molecule is [Li][C]#N.c1ccsc1. The zero-order valence-corrected chi connectivity index (χ0v) is 5.48. The molecule has 0 N–H and O–H groups in total. The Kier molecular flexibility index (Phi) is 6.61. The first-order valence-electron chi connectivity index (χ1n) is 2.20. The van der Waals surface area contributed by atoms with Crippen molar-refractivity contribution >= 4 is 29.1 Å². The number of hydrogen-bond acceptors (Lipinski definition) is 2. The number of thiophene rings is 1. The molecule has 0 aromatic carbocycles. The van der Waals surface area contributed by atoms with Gasteiger partial charge in [-0.05, 0) is 10.8 Å². The number of rotatable bonds is 0. The van der Waals surface area contributed by atoms with Gasteiger partial charge < -0.3 is 0 Å². The largest absolute Gasteiger partial charge is 0.152 e. The van der Waals surface area contributed by atoms with E-state index in [1.54, 1.807) is 16.1 Å². The van der Waals surface area contributed by atoms with Gasteiger partial charge in [-0.3, -0.25) is 0 Å². The smallest absolute Gasteiger partial charge is 0.00934 e. The fraction of sp³-hybridized carbons (Fsp3) is 0. The van der Waals surface area contributed by atoms with Crippen molar-refractivity contribution in [2.45, 2.75) is 0 Å². The zero-order chi connectivity index (χ0) is 6.24. The van der Waals surface area contributed by atoms with Crippen LogP contribution in [0.3, 0.4) is 0 Å². The zero-order valence-electron chi connectivity index (χ0n) is 4.66. The molecule has 0 saturated carbocycles. The van der Waals surface area contributed by atoms with Crippen molar-refractivity contribution in [2.24, 2.45) is 0 Å². The Bertz CT molecular complexity index is 125. The third-order valence-electron chi connectivity index (χ3n) is 0.425. The summed E-state index contributed by atoms with van der Waals surface area (Å²) < 4.78 is 1.75. The van der Waals surface area contributed by atoms with Crippen LogP contribution in [0, 0.1) is 10.0 Å². The molecule has 1 aromatic rings. The molecule has 0 spiro atoms. The fourth-order valence-corrected chi connectivity index (χ4v) is 0.680. The van der Waals surface area contributed by atoms with Gasteiger partial charge in [0.25, 0.3) is 0 Å². The molecule has 0 atom stereocenters. The van der Waals surface area contributed by atoms with Crippen molar-refractivity contribution in [2.75, 3.05) is 0 Å². The van der Waals surface area contributed by atoms with Gasteiger partial charge >= 0.3 is 27.7 Å². The van der Waals surface area contributed by atoms with Gasteiger partial charge in [-0.1, -0.05) is 12.1 Å². The fourth-order valence-electron chi connectivity index (χ4n) is 0.227. The van der Waals surface area contributed by atoms with E-state index >= 15 is 0 Å². The van der Waals surface area contributed by atoms with Gasteiger partial charge in [0.2, 0.25) is 0 Å². The van der Waals surface area contributed by atoms with E-state index in [9.17, 15) is 0 Å². The summed E-state index contributed by atoms with van der Waals surface area (Å²) in [5.74, 6) is 0. The third-order valence-corrected chi connectivity index (χ3v) is 1.05. The van der Waals surface area contributed by atoms with E-state index in [2.05, 4.69) is 0 Å². The van der Waals surface area contributed by atoms with Crippen LogP contribution in [0.1, 0.15) is 0 Å². The van der Waals surface area contributed by atoms with Crippen LogP contribution in [-0.2, 0) is 0 Å². The van der Waals surface area contributed by atoms with E-state index in [4.69, 9.17) is 5.26 Å². The first-order chi connectivity index (χ1) is 3.91. The summed E-state index contributed by atoms with van der Waals surface area (Å²) in [5.41, 5.74) is 0. The van der Waals surface area contributed by atoms with Crippen molar-refractivity contribution in [3.8, 4) is 4.74 Å². The minimum atomic E-state index is 1.43. The molecular formula is C5H4LiNS. The molecule has 0 amide bonds. The average molecular weight is 117 g/mol. The molecule has 0 aliphatic rings. The van der Waals surface area contributed by atoms with Gasteiger partial charge in [0.15, 0.2) is 0 Å². The van der Waals surface area contributed by atoms with Crippen molar-refractivity contribution < 1.29 is 0 Å². The van der Waals surface area contributed by atoms with Crippen LogP contribution in [0.2, 0.25) is 0 Å². The predicted molar refractivity (Wildman–Crippen MR) is 35.7 cm³/mol. The maximum absolute atomic E-state index is 7.32. The van der Waals surface area contributed by atoms with Gasteiger partial charge in [0.05, 0.1) is 0 Å². The Balaban J connectivity index is 0.000000145. The normalized spacial score (nSPS) is 6.12. The predicted octanol–water partition coefficient (Wildman–Crippen LogP) is 1.38. The maximum Gasteiger partial charge on any atom is -0.00934 e. The summed E-state index contributed by atoms with van der Waals surface area (Å²) in [4.78, 5) is 0. The maximum atomic E-state index is 7.32. The minimum Gasteiger partial charge on any atom is -0.152 e. The van der Waals surface area contributed by atoms with Gasteiger partial charge in [-0.2, -0.15) is 11.3 Å². The molecule has 8 heavy (non-hydrogen) atoms. The summed E-state index contributed by atoms with van der Waals surface area (Å²) in [6, 6.07) is 4.04. The van der Waals surface area contributed by atoms with E-state index in [-0.39, 0.29) is 0 Å². The Morgan fingerprint density at radius 2 is 1.75 bits per heavy atom. The Hall–Kier alpha value is -0.213. The molecule has 0 unspecified atom stereocenters. The van der Waals surface area contributed by atoms with Gasteiger partial charge in [0.1, 0.15) is 0 Å².